The normalized spacial score (nSPS) is 11.1. The smallest absolute Gasteiger partial charge is 0.0777 e. The number of hydrogen-bond donors (Lipinski definition) is 0. The first-order valence-electron chi connectivity index (χ1n) is 10.9. The molecule has 0 saturated heterocycles. The van der Waals surface area contributed by atoms with Gasteiger partial charge in [0.05, 0.1) is 27.7 Å². The second-order valence-electron chi connectivity index (χ2n) is 8.43. The summed E-state index contributed by atoms with van der Waals surface area (Å²) in [6, 6.07) is 0. The predicted molar refractivity (Wildman–Crippen MR) is 113 cm³/mol. The summed E-state index contributed by atoms with van der Waals surface area (Å²) in [7, 11) is 6.64. The number of carbonyl (C=O) groups excluding carboxylic acids is 1. The van der Waals surface area contributed by atoms with Crippen LogP contribution in [0, 0.1) is 0 Å². The monoisotopic (exact) mass is 356 g/mol. The number of hydrogen-bond acceptors (Lipinski definition) is 1. The van der Waals surface area contributed by atoms with Gasteiger partial charge in [-0.15, -0.1) is 0 Å². The topological polar surface area (TPSA) is 40.9 Å². The molecule has 0 aliphatic rings. The molecule has 0 atom stereocenters. The van der Waals surface area contributed by atoms with Gasteiger partial charge < -0.3 is 15.0 Å². The molecule has 0 radical (unpaired) electrons. The molecule has 0 aliphatic heterocycles. The lowest BCUT2D eigenvalue weighted by Gasteiger charge is -2.22. The number of rotatable bonds is 16. The Morgan fingerprint density at radius 1 is 0.640 bits per heavy atom. The summed E-state index contributed by atoms with van der Waals surface area (Å²) in [4.78, 5) is 10.4. The van der Waals surface area contributed by atoms with Crippen molar-refractivity contribution in [1.82, 2.24) is 0 Å². The van der Waals surface area contributed by atoms with Crippen LogP contribution in [0.3, 0.4) is 0 Å². The number of amides is 1. The summed E-state index contributed by atoms with van der Waals surface area (Å²) in [5.41, 5.74) is 6.79. The van der Waals surface area contributed by atoms with E-state index in [1.165, 1.54) is 83.6 Å². The molecule has 3 heteroatoms. The summed E-state index contributed by atoms with van der Waals surface area (Å²) in [6.07, 6.45) is 18.9. The number of nitrogens with zero attached hydrogens (tertiary/aromatic N) is 1. The van der Waals surface area contributed by atoms with Gasteiger partial charge in [-0.3, -0.25) is 0 Å². The fourth-order valence-electron chi connectivity index (χ4n) is 2.97. The number of nitrogens with one attached hydrogen (secondary N) is 1. The molecule has 1 amide bonds. The molecule has 0 rings (SSSR count). The van der Waals surface area contributed by atoms with Crippen LogP contribution in [0.15, 0.2) is 0 Å². The van der Waals surface area contributed by atoms with E-state index in [2.05, 4.69) is 35.0 Å². The van der Waals surface area contributed by atoms with Crippen LogP contribution >= 0.6 is 0 Å². The zero-order valence-corrected chi connectivity index (χ0v) is 18.2. The van der Waals surface area contributed by atoms with E-state index in [0.717, 1.165) is 17.3 Å². The largest absolute Gasteiger partial charge is 0.668 e. The van der Waals surface area contributed by atoms with Crippen LogP contribution in [-0.4, -0.2) is 38.1 Å². The Labute approximate surface area is 159 Å². The molecule has 0 aromatic heterocycles. The zero-order chi connectivity index (χ0) is 19.4. The molecule has 0 aliphatic carbocycles. The lowest BCUT2D eigenvalue weighted by molar-refractivity contribution is -0.870. The maximum absolute atomic E-state index is 10.4. The third kappa shape index (κ3) is 31.7. The fraction of sp³-hybridized carbons (Fsp3) is 0.955. The van der Waals surface area contributed by atoms with Gasteiger partial charge in [0.15, 0.2) is 0 Å². The van der Waals surface area contributed by atoms with Gasteiger partial charge in [-0.25, -0.2) is 0 Å². The Balaban J connectivity index is 0. The van der Waals surface area contributed by atoms with Crippen molar-refractivity contribution in [2.24, 2.45) is 0 Å². The third-order valence-corrected chi connectivity index (χ3v) is 4.40. The molecule has 0 heterocycles. The molecule has 0 aromatic rings. The molecular formula is C22H48N2O. The molecule has 0 saturated carbocycles. The van der Waals surface area contributed by atoms with Crippen molar-refractivity contribution in [2.45, 2.75) is 110 Å². The number of unbranched alkanes of at least 4 members (excludes halogenated alkanes) is 12. The van der Waals surface area contributed by atoms with Crippen LogP contribution in [0.2, 0.25) is 0 Å². The average molecular weight is 357 g/mol. The minimum absolute atomic E-state index is 0.405. The lowest BCUT2D eigenvalue weighted by atomic mass is 10.0. The molecule has 0 bridgehead atoms. The Bertz CT molecular complexity index is 272. The molecule has 152 valence electrons. The van der Waals surface area contributed by atoms with Crippen LogP contribution in [0.5, 0.6) is 0 Å². The highest BCUT2D eigenvalue weighted by atomic mass is 16.1. The molecule has 1 N–H and O–H groups in total. The molecular weight excluding hydrogens is 308 g/mol. The first-order valence-corrected chi connectivity index (χ1v) is 10.9. The highest BCUT2D eigenvalue weighted by molar-refractivity contribution is 5.83. The van der Waals surface area contributed by atoms with Gasteiger partial charge in [0.1, 0.15) is 0 Å². The van der Waals surface area contributed by atoms with E-state index in [-0.39, 0.29) is 0 Å². The van der Waals surface area contributed by atoms with Gasteiger partial charge in [0.25, 0.3) is 0 Å². The van der Waals surface area contributed by atoms with Crippen molar-refractivity contribution in [1.29, 1.82) is 0 Å². The van der Waals surface area contributed by atoms with Crippen molar-refractivity contribution in [3.63, 3.8) is 0 Å². The Morgan fingerprint density at radius 2 is 1.00 bits per heavy atom. The Morgan fingerprint density at radius 3 is 1.24 bits per heavy atom. The summed E-state index contributed by atoms with van der Waals surface area (Å²) in [5, 5.41) is 0. The maximum Gasteiger partial charge on any atom is 0.0777 e. The summed E-state index contributed by atoms with van der Waals surface area (Å²) in [6.45, 7) is 5.75. The van der Waals surface area contributed by atoms with E-state index in [9.17, 15) is 4.79 Å². The standard InChI is InChI=1S/C16H33NO.C6H16N/c1-2-3-4-5-6-7-8-9-10-11-12-13-14-15-16(17)18;1-5-6-7(2,3)4/h2-15H2,1H3,(H2,17,18);5-6H2,1-4H3/q;+1/p-1. The second-order valence-corrected chi connectivity index (χ2v) is 8.43. The minimum Gasteiger partial charge on any atom is -0.668 e. The second kappa shape index (κ2) is 19.8. The van der Waals surface area contributed by atoms with E-state index < -0.39 is 5.91 Å². The highest BCUT2D eigenvalue weighted by Crippen LogP contribution is 2.12. The average Bonchev–Trinajstić information content (AvgIpc) is 2.51. The van der Waals surface area contributed by atoms with Crippen molar-refractivity contribution in [3.8, 4) is 0 Å². The van der Waals surface area contributed by atoms with Gasteiger partial charge in [-0.05, 0) is 19.3 Å². The van der Waals surface area contributed by atoms with E-state index in [0.29, 0.717) is 6.42 Å². The van der Waals surface area contributed by atoms with Crippen LogP contribution in [0.4, 0.5) is 0 Å². The van der Waals surface area contributed by atoms with Gasteiger partial charge >= 0.3 is 0 Å². The van der Waals surface area contributed by atoms with E-state index in [1.54, 1.807) is 0 Å². The predicted octanol–water partition coefficient (Wildman–Crippen LogP) is 7.15. The van der Waals surface area contributed by atoms with Crippen LogP contribution in [-0.2, 0) is 4.79 Å². The Kier molecular flexibility index (Phi) is 21.1. The number of quaternary nitrogens is 1. The SMILES string of the molecule is CCCCCCCCCCCCCCCC([NH-])=O.CCC[N+](C)(C)C. The molecule has 0 spiro atoms. The Hall–Kier alpha value is -0.570. The van der Waals surface area contributed by atoms with E-state index in [1.807, 2.05) is 0 Å². The van der Waals surface area contributed by atoms with E-state index >= 15 is 0 Å². The first-order chi connectivity index (χ1) is 11.8. The van der Waals surface area contributed by atoms with Crippen LogP contribution in [0.1, 0.15) is 110 Å². The van der Waals surface area contributed by atoms with Gasteiger partial charge in [0, 0.05) is 5.91 Å². The molecule has 0 unspecified atom stereocenters. The van der Waals surface area contributed by atoms with Gasteiger partial charge in [0.2, 0.25) is 0 Å². The minimum atomic E-state index is -0.405. The quantitative estimate of drug-likeness (QED) is 0.214. The molecule has 0 fully saturated rings. The fourth-order valence-corrected chi connectivity index (χ4v) is 2.97. The summed E-state index contributed by atoms with van der Waals surface area (Å²) in [5.74, 6) is -0.405. The molecule has 25 heavy (non-hydrogen) atoms. The van der Waals surface area contributed by atoms with Crippen molar-refractivity contribution < 1.29 is 9.28 Å². The van der Waals surface area contributed by atoms with Gasteiger partial charge in [-0.2, -0.15) is 0 Å². The lowest BCUT2D eigenvalue weighted by Crippen LogP contribution is -2.34. The van der Waals surface area contributed by atoms with Gasteiger partial charge in [-0.1, -0.05) is 90.9 Å². The van der Waals surface area contributed by atoms with Crippen molar-refractivity contribution >= 4 is 5.91 Å². The maximum atomic E-state index is 10.4. The van der Waals surface area contributed by atoms with E-state index in [4.69, 9.17) is 5.73 Å². The third-order valence-electron chi connectivity index (χ3n) is 4.40. The summed E-state index contributed by atoms with van der Waals surface area (Å²) >= 11 is 0. The first kappa shape index (κ1) is 26.7. The highest BCUT2D eigenvalue weighted by Gasteiger charge is 2.01. The number of carbonyl (C=O) groups is 1. The van der Waals surface area contributed by atoms with Crippen LogP contribution in [0.25, 0.3) is 5.73 Å². The molecule has 3 nitrogen and oxygen atoms in total. The van der Waals surface area contributed by atoms with Crippen LogP contribution < -0.4 is 0 Å². The van der Waals surface area contributed by atoms with Crippen molar-refractivity contribution in [3.05, 3.63) is 5.73 Å². The summed E-state index contributed by atoms with van der Waals surface area (Å²) < 4.78 is 1.09. The molecule has 0 aromatic carbocycles. The van der Waals surface area contributed by atoms with Crippen molar-refractivity contribution in [2.75, 3.05) is 27.7 Å². The zero-order valence-electron chi connectivity index (χ0n) is 18.2.